The molecule has 368 valence electrons. The van der Waals surface area contributed by atoms with Gasteiger partial charge in [-0.2, -0.15) is 5.26 Å². The third-order valence-corrected chi connectivity index (χ3v) is 14.3. The van der Waals surface area contributed by atoms with Crippen molar-refractivity contribution in [2.45, 2.75) is 98.7 Å². The first kappa shape index (κ1) is 51.4. The lowest BCUT2D eigenvalue weighted by atomic mass is 9.49. The molecule has 4 amide bonds. The van der Waals surface area contributed by atoms with Crippen molar-refractivity contribution in [1.82, 2.24) is 35.8 Å². The Bertz CT molecular complexity index is 2720. The van der Waals surface area contributed by atoms with E-state index in [-0.39, 0.29) is 50.8 Å². The molecule has 2 aliphatic rings. The zero-order chi connectivity index (χ0) is 50.5. The quantitative estimate of drug-likeness (QED) is 0.0598. The number of carbonyl (C=O) groups excluding carboxylic acids is 4. The first-order valence-corrected chi connectivity index (χ1v) is 24.4. The van der Waals surface area contributed by atoms with Crippen molar-refractivity contribution in [1.29, 1.82) is 5.26 Å². The predicted octanol–water partition coefficient (Wildman–Crippen LogP) is 6.95. The maximum absolute atomic E-state index is 14.0. The summed E-state index contributed by atoms with van der Waals surface area (Å²) in [4.78, 5) is 69.7. The van der Waals surface area contributed by atoms with Gasteiger partial charge < -0.3 is 40.7 Å². The van der Waals surface area contributed by atoms with Gasteiger partial charge in [0.1, 0.15) is 42.4 Å². The number of β-amino-alcohol motifs (C(OH)–C–C–N with tert-alkyl or cyclic N) is 1. The molecule has 0 spiro atoms. The van der Waals surface area contributed by atoms with Crippen LogP contribution >= 0.6 is 22.9 Å². The number of likely N-dealkylation sites (tertiary alicyclic amines) is 1. The number of hydrogen-bond acceptors (Lipinski definition) is 13. The van der Waals surface area contributed by atoms with Crippen LogP contribution in [0, 0.1) is 34.5 Å². The number of ether oxygens (including phenoxy) is 2. The first-order valence-electron chi connectivity index (χ1n) is 23.1. The van der Waals surface area contributed by atoms with E-state index in [1.54, 1.807) is 48.2 Å². The molecular weight excluding hydrogens is 930 g/mol. The van der Waals surface area contributed by atoms with Gasteiger partial charge in [0, 0.05) is 71.5 Å². The van der Waals surface area contributed by atoms with Gasteiger partial charge >= 0.3 is 0 Å². The lowest BCUT2D eigenvalue weighted by molar-refractivity contribution is -0.164. The highest BCUT2D eigenvalue weighted by Crippen LogP contribution is 2.55. The standard InChI is InChI=1S/C52H60ClN9O7S/c1-30-43(70-29-59-30)35-13-16-36(56-25-35)26-58-46(66)40-21-37(63)27-62(40)47(67)44(50(2,3)4)60-42(64)28-68-20-19-55-41-18-15-34(24-57-41)31-9-11-32(12-10-31)45(65)61-48-51(5,6)49(52(48,7)8)69-38-17-14-33(23-54)39(53)22-38/h9-18,22,24-25,29,37,40,44,48-49,63H,19-21,26-28H2,1-8H3,(H,55,57)(H,58,66)(H,60,64)(H,61,65)/t37-,40+,44?,48?,49?/m1/s1. The highest BCUT2D eigenvalue weighted by Gasteiger charge is 2.64. The number of anilines is 1. The number of nitriles is 1. The molecule has 3 atom stereocenters. The molecule has 0 bridgehead atoms. The Kier molecular flexibility index (Phi) is 15.6. The van der Waals surface area contributed by atoms with Crippen LogP contribution in [0.25, 0.3) is 21.6 Å². The van der Waals surface area contributed by atoms with Gasteiger partial charge in [0.15, 0.2) is 0 Å². The van der Waals surface area contributed by atoms with Gasteiger partial charge in [-0.25, -0.2) is 9.97 Å². The number of pyridine rings is 2. The average Bonchev–Trinajstić information content (AvgIpc) is 3.95. The highest BCUT2D eigenvalue weighted by atomic mass is 35.5. The number of amides is 4. The number of aliphatic hydroxyl groups excluding tert-OH is 1. The number of nitrogens with zero attached hydrogens (tertiary/aromatic N) is 5. The Hall–Kier alpha value is -6.45. The Morgan fingerprint density at radius 3 is 2.27 bits per heavy atom. The fourth-order valence-electron chi connectivity index (χ4n) is 9.57. The average molecular weight is 991 g/mol. The largest absolute Gasteiger partial charge is 0.489 e. The molecule has 2 fully saturated rings. The van der Waals surface area contributed by atoms with Gasteiger partial charge in [-0.15, -0.1) is 11.3 Å². The van der Waals surface area contributed by atoms with Crippen molar-refractivity contribution < 1.29 is 33.8 Å². The molecule has 0 radical (unpaired) electrons. The molecule has 5 aromatic rings. The summed E-state index contributed by atoms with van der Waals surface area (Å²) >= 11 is 7.78. The van der Waals surface area contributed by atoms with E-state index in [9.17, 15) is 29.5 Å². The molecule has 18 heteroatoms. The molecule has 5 N–H and O–H groups in total. The zero-order valence-electron chi connectivity index (χ0n) is 40.6. The third kappa shape index (κ3) is 11.6. The van der Waals surface area contributed by atoms with Gasteiger partial charge in [0.2, 0.25) is 17.7 Å². The van der Waals surface area contributed by atoms with E-state index < -0.39 is 52.2 Å². The molecule has 1 saturated heterocycles. The normalized spacial score (nSPS) is 19.5. The maximum atomic E-state index is 14.0. The number of aryl methyl sites for hydroxylation is 1. The summed E-state index contributed by atoms with van der Waals surface area (Å²) in [5, 5.41) is 32.2. The Labute approximate surface area is 417 Å². The highest BCUT2D eigenvalue weighted by molar-refractivity contribution is 7.13. The Morgan fingerprint density at radius 1 is 0.957 bits per heavy atom. The van der Waals surface area contributed by atoms with Gasteiger partial charge in [-0.05, 0) is 60.4 Å². The van der Waals surface area contributed by atoms with Crippen LogP contribution in [0.15, 0.2) is 84.6 Å². The molecule has 1 unspecified atom stereocenters. The van der Waals surface area contributed by atoms with Crippen LogP contribution in [0.4, 0.5) is 5.82 Å². The molecule has 7 rings (SSSR count). The van der Waals surface area contributed by atoms with E-state index >= 15 is 0 Å². The van der Waals surface area contributed by atoms with Crippen LogP contribution in [0.5, 0.6) is 5.75 Å². The lowest BCUT2D eigenvalue weighted by Gasteiger charge is -2.63. The molecule has 70 heavy (non-hydrogen) atoms. The van der Waals surface area contributed by atoms with Crippen LogP contribution < -0.4 is 26.0 Å². The summed E-state index contributed by atoms with van der Waals surface area (Å²) in [6, 6.07) is 19.8. The number of rotatable bonds is 17. The molecule has 1 saturated carbocycles. The summed E-state index contributed by atoms with van der Waals surface area (Å²) in [7, 11) is 0. The minimum atomic E-state index is -0.993. The van der Waals surface area contributed by atoms with Crippen molar-refractivity contribution in [3.8, 4) is 33.4 Å². The Morgan fingerprint density at radius 2 is 1.66 bits per heavy atom. The number of carbonyl (C=O) groups is 4. The molecular formula is C52H60ClN9O7S. The second kappa shape index (κ2) is 21.3. The summed E-state index contributed by atoms with van der Waals surface area (Å²) in [5.74, 6) is -0.402. The van der Waals surface area contributed by atoms with E-state index in [0.29, 0.717) is 40.0 Å². The van der Waals surface area contributed by atoms with Crippen molar-refractivity contribution in [2.24, 2.45) is 16.2 Å². The Balaban J connectivity index is 0.839. The SMILES string of the molecule is Cc1ncsc1-c1ccc(CNC(=O)[C@@H]2C[C@@H](O)CN2C(=O)C(NC(=O)COCCNc2ccc(-c3ccc(C(=O)NC4C(C)(C)C(Oc5ccc(C#N)c(Cl)c5)C4(C)C)cc3)cn2)C(C)(C)C)nc1. The second-order valence-corrected chi connectivity index (χ2v) is 21.3. The number of nitrogens with one attached hydrogen (secondary N) is 4. The van der Waals surface area contributed by atoms with E-state index in [1.807, 2.05) is 64.1 Å². The molecule has 4 heterocycles. The van der Waals surface area contributed by atoms with E-state index in [4.69, 9.17) is 21.1 Å². The van der Waals surface area contributed by atoms with Crippen LogP contribution in [0.2, 0.25) is 5.02 Å². The van der Waals surface area contributed by atoms with Gasteiger partial charge in [-0.1, -0.05) is 78.3 Å². The number of aromatic nitrogens is 3. The molecule has 1 aliphatic carbocycles. The van der Waals surface area contributed by atoms with Gasteiger partial charge in [0.25, 0.3) is 5.91 Å². The van der Waals surface area contributed by atoms with Crippen LogP contribution in [-0.2, 0) is 25.7 Å². The predicted molar refractivity (Wildman–Crippen MR) is 268 cm³/mol. The lowest BCUT2D eigenvalue weighted by Crippen LogP contribution is -2.74. The van der Waals surface area contributed by atoms with Crippen molar-refractivity contribution >= 4 is 52.4 Å². The fraction of sp³-hybridized carbons (Fsp3) is 0.423. The number of hydrogen-bond donors (Lipinski definition) is 5. The topological polar surface area (TPSA) is 221 Å². The molecule has 1 aliphatic heterocycles. The van der Waals surface area contributed by atoms with E-state index in [0.717, 1.165) is 27.3 Å². The van der Waals surface area contributed by atoms with E-state index in [2.05, 4.69) is 70.0 Å². The molecule has 3 aromatic heterocycles. The smallest absolute Gasteiger partial charge is 0.251 e. The van der Waals surface area contributed by atoms with Crippen LogP contribution in [0.3, 0.4) is 0 Å². The van der Waals surface area contributed by atoms with Crippen molar-refractivity contribution in [2.75, 3.05) is 31.6 Å². The van der Waals surface area contributed by atoms with Gasteiger partial charge in [0.05, 0.1) is 51.6 Å². The van der Waals surface area contributed by atoms with E-state index in [1.165, 1.54) is 16.2 Å². The third-order valence-electron chi connectivity index (χ3n) is 13.0. The summed E-state index contributed by atoms with van der Waals surface area (Å²) < 4.78 is 12.0. The fourth-order valence-corrected chi connectivity index (χ4v) is 10.6. The van der Waals surface area contributed by atoms with Crippen molar-refractivity contribution in [3.63, 3.8) is 0 Å². The number of thiazole rings is 1. The minimum Gasteiger partial charge on any atom is -0.489 e. The summed E-state index contributed by atoms with van der Waals surface area (Å²) in [6.45, 7) is 16.0. The van der Waals surface area contributed by atoms with Crippen molar-refractivity contribution in [3.05, 3.63) is 112 Å². The maximum Gasteiger partial charge on any atom is 0.251 e. The number of halogens is 1. The van der Waals surface area contributed by atoms with Crippen LogP contribution in [-0.4, -0.2) is 105 Å². The van der Waals surface area contributed by atoms with Crippen LogP contribution in [0.1, 0.15) is 82.2 Å². The second-order valence-electron chi connectivity index (χ2n) is 20.1. The van der Waals surface area contributed by atoms with Gasteiger partial charge in [-0.3, -0.25) is 24.2 Å². The number of benzene rings is 2. The first-order chi connectivity index (χ1) is 33.2. The monoisotopic (exact) mass is 989 g/mol. The summed E-state index contributed by atoms with van der Waals surface area (Å²) in [5.41, 5.74) is 5.39. The zero-order valence-corrected chi connectivity index (χ0v) is 42.2. The minimum absolute atomic E-state index is 0.0418. The molecule has 2 aromatic carbocycles. The number of aliphatic hydroxyl groups is 1. The molecule has 16 nitrogen and oxygen atoms in total. The summed E-state index contributed by atoms with van der Waals surface area (Å²) in [6.07, 6.45) is 2.41.